The molecule has 0 amide bonds. The van der Waals surface area contributed by atoms with E-state index in [-0.39, 0.29) is 0 Å². The van der Waals surface area contributed by atoms with E-state index in [0.29, 0.717) is 11.3 Å². The Balaban J connectivity index is 1.91. The van der Waals surface area contributed by atoms with E-state index in [1.54, 1.807) is 0 Å². The van der Waals surface area contributed by atoms with Gasteiger partial charge in [0.05, 0.1) is 13.2 Å². The number of benzene rings is 1. The molecule has 104 valence electrons. The summed E-state index contributed by atoms with van der Waals surface area (Å²) in [6.07, 6.45) is 2.12. The first-order valence-corrected chi connectivity index (χ1v) is 8.01. The Kier molecular flexibility index (Phi) is 3.89. The molecule has 3 nitrogen and oxygen atoms in total. The summed E-state index contributed by atoms with van der Waals surface area (Å²) in [5, 5.41) is 4.21. The van der Waals surface area contributed by atoms with E-state index in [2.05, 4.69) is 31.3 Å². The van der Waals surface area contributed by atoms with Crippen molar-refractivity contribution in [2.24, 2.45) is 0 Å². The molecule has 0 bridgehead atoms. The van der Waals surface area contributed by atoms with Gasteiger partial charge in [0, 0.05) is 22.6 Å². The minimum absolute atomic E-state index is 0.428. The molecule has 19 heavy (non-hydrogen) atoms. The molecule has 2 heterocycles. The molecule has 0 radical (unpaired) electrons. The van der Waals surface area contributed by atoms with E-state index >= 15 is 0 Å². The maximum atomic E-state index is 5.80. The summed E-state index contributed by atoms with van der Waals surface area (Å²) < 4.78 is 11.6. The van der Waals surface area contributed by atoms with Crippen LogP contribution in [0.25, 0.3) is 0 Å². The Morgan fingerprint density at radius 3 is 2.74 bits per heavy atom. The average molecular weight is 279 g/mol. The highest BCUT2D eigenvalue weighted by Crippen LogP contribution is 2.48. The maximum Gasteiger partial charge on any atom is 0.162 e. The van der Waals surface area contributed by atoms with Gasteiger partial charge in [-0.05, 0) is 30.7 Å². The Bertz CT molecular complexity index is 464. The zero-order valence-electron chi connectivity index (χ0n) is 11.6. The van der Waals surface area contributed by atoms with Crippen molar-refractivity contribution < 1.29 is 9.47 Å². The predicted octanol–water partition coefficient (Wildman–Crippen LogP) is 3.38. The smallest absolute Gasteiger partial charge is 0.162 e. The molecule has 1 aromatic carbocycles. The zero-order chi connectivity index (χ0) is 13.2. The van der Waals surface area contributed by atoms with Crippen molar-refractivity contribution in [2.75, 3.05) is 19.8 Å². The molecule has 2 atom stereocenters. The summed E-state index contributed by atoms with van der Waals surface area (Å²) >= 11 is 1.93. The molecule has 1 aromatic rings. The van der Waals surface area contributed by atoms with Crippen molar-refractivity contribution in [3.8, 4) is 11.5 Å². The number of thioether (sulfide) groups is 1. The van der Waals surface area contributed by atoms with Crippen molar-refractivity contribution >= 4 is 11.8 Å². The van der Waals surface area contributed by atoms with Crippen LogP contribution in [0, 0.1) is 0 Å². The molecule has 2 unspecified atom stereocenters. The second-order valence-electron chi connectivity index (χ2n) is 5.14. The van der Waals surface area contributed by atoms with E-state index in [0.717, 1.165) is 44.1 Å². The van der Waals surface area contributed by atoms with E-state index in [9.17, 15) is 0 Å². The van der Waals surface area contributed by atoms with Crippen LogP contribution in [-0.4, -0.2) is 25.0 Å². The van der Waals surface area contributed by atoms with E-state index < -0.39 is 0 Å². The molecule has 3 rings (SSSR count). The van der Waals surface area contributed by atoms with Gasteiger partial charge >= 0.3 is 0 Å². The van der Waals surface area contributed by atoms with Crippen LogP contribution in [0.3, 0.4) is 0 Å². The Morgan fingerprint density at radius 1 is 1.26 bits per heavy atom. The molecule has 2 aliphatic rings. The van der Waals surface area contributed by atoms with Crippen LogP contribution in [0.5, 0.6) is 11.5 Å². The quantitative estimate of drug-likeness (QED) is 0.919. The first kappa shape index (κ1) is 13.1. The van der Waals surface area contributed by atoms with Gasteiger partial charge < -0.3 is 14.8 Å². The summed E-state index contributed by atoms with van der Waals surface area (Å²) in [6, 6.07) is 4.77. The van der Waals surface area contributed by atoms with E-state index in [4.69, 9.17) is 9.47 Å². The number of nitrogens with one attached hydrogen (secondary N) is 1. The molecule has 2 aliphatic heterocycles. The fourth-order valence-corrected chi connectivity index (χ4v) is 3.92. The third kappa shape index (κ3) is 2.56. The minimum atomic E-state index is 0.428. The predicted molar refractivity (Wildman–Crippen MR) is 78.4 cm³/mol. The lowest BCUT2D eigenvalue weighted by molar-refractivity contribution is 0.296. The van der Waals surface area contributed by atoms with Gasteiger partial charge in [-0.2, -0.15) is 0 Å². The van der Waals surface area contributed by atoms with Crippen molar-refractivity contribution in [3.05, 3.63) is 17.7 Å². The highest BCUT2D eigenvalue weighted by atomic mass is 32.2. The molecule has 0 aromatic heterocycles. The number of ether oxygens (including phenoxy) is 2. The van der Waals surface area contributed by atoms with Crippen LogP contribution in [-0.2, 0) is 0 Å². The van der Waals surface area contributed by atoms with Gasteiger partial charge in [-0.3, -0.25) is 0 Å². The van der Waals surface area contributed by atoms with Gasteiger partial charge in [-0.15, -0.1) is 11.8 Å². The van der Waals surface area contributed by atoms with Gasteiger partial charge in [0.25, 0.3) is 0 Å². The van der Waals surface area contributed by atoms with Gasteiger partial charge in [-0.1, -0.05) is 13.8 Å². The lowest BCUT2D eigenvalue weighted by atomic mass is 10.0. The topological polar surface area (TPSA) is 30.5 Å². The van der Waals surface area contributed by atoms with Gasteiger partial charge in [-0.25, -0.2) is 0 Å². The van der Waals surface area contributed by atoms with Crippen molar-refractivity contribution in [1.82, 2.24) is 5.32 Å². The highest BCUT2D eigenvalue weighted by molar-refractivity contribution is 8.00. The monoisotopic (exact) mass is 279 g/mol. The van der Waals surface area contributed by atoms with Gasteiger partial charge in [0.1, 0.15) is 0 Å². The van der Waals surface area contributed by atoms with Crippen LogP contribution in [0.1, 0.15) is 38.3 Å². The molecule has 0 saturated heterocycles. The lowest BCUT2D eigenvalue weighted by Crippen LogP contribution is -2.26. The molecular weight excluding hydrogens is 258 g/mol. The number of fused-ring (bicyclic) bond motifs is 2. The normalized spacial score (nSPS) is 24.9. The first-order chi connectivity index (χ1) is 9.29. The van der Waals surface area contributed by atoms with Crippen LogP contribution in [0.4, 0.5) is 0 Å². The Labute approximate surface area is 119 Å². The SMILES string of the molecule is CCCNC1c2cc3c(cc2SC1C)OCCCO3. The largest absolute Gasteiger partial charge is 0.490 e. The summed E-state index contributed by atoms with van der Waals surface area (Å²) in [5.41, 5.74) is 1.37. The van der Waals surface area contributed by atoms with Crippen LogP contribution < -0.4 is 14.8 Å². The number of hydrogen-bond acceptors (Lipinski definition) is 4. The highest BCUT2D eigenvalue weighted by Gasteiger charge is 2.31. The summed E-state index contributed by atoms with van der Waals surface area (Å²) in [4.78, 5) is 1.34. The standard InChI is InChI=1S/C15H21NO2S/c1-3-5-16-15-10(2)19-14-9-13-12(8-11(14)15)17-6-4-7-18-13/h8-10,15-16H,3-7H2,1-2H3. The first-order valence-electron chi connectivity index (χ1n) is 7.13. The Hall–Kier alpha value is -0.870. The van der Waals surface area contributed by atoms with E-state index in [1.165, 1.54) is 10.5 Å². The van der Waals surface area contributed by atoms with Crippen LogP contribution in [0.15, 0.2) is 17.0 Å². The van der Waals surface area contributed by atoms with Crippen LogP contribution >= 0.6 is 11.8 Å². The lowest BCUT2D eigenvalue weighted by Gasteiger charge is -2.18. The minimum Gasteiger partial charge on any atom is -0.490 e. The maximum absolute atomic E-state index is 5.80. The third-order valence-electron chi connectivity index (χ3n) is 3.61. The Morgan fingerprint density at radius 2 is 2.00 bits per heavy atom. The van der Waals surface area contributed by atoms with Gasteiger partial charge in [0.15, 0.2) is 11.5 Å². The number of rotatable bonds is 3. The molecule has 0 saturated carbocycles. The molecular formula is C15H21NO2S. The van der Waals surface area contributed by atoms with Crippen molar-refractivity contribution in [3.63, 3.8) is 0 Å². The molecule has 0 aliphatic carbocycles. The fraction of sp³-hybridized carbons (Fsp3) is 0.600. The zero-order valence-corrected chi connectivity index (χ0v) is 12.4. The molecule has 0 fully saturated rings. The van der Waals surface area contributed by atoms with Crippen LogP contribution in [0.2, 0.25) is 0 Å². The fourth-order valence-electron chi connectivity index (χ4n) is 2.65. The second-order valence-corrected chi connectivity index (χ2v) is 6.56. The average Bonchev–Trinajstić information content (AvgIpc) is 2.58. The summed E-state index contributed by atoms with van der Waals surface area (Å²) in [6.45, 7) is 7.05. The number of hydrogen-bond donors (Lipinski definition) is 1. The van der Waals surface area contributed by atoms with Crippen molar-refractivity contribution in [2.45, 2.75) is 42.9 Å². The molecule has 4 heteroatoms. The molecule has 0 spiro atoms. The van der Waals surface area contributed by atoms with Gasteiger partial charge in [0.2, 0.25) is 0 Å². The summed E-state index contributed by atoms with van der Waals surface area (Å²) in [7, 11) is 0. The van der Waals surface area contributed by atoms with Crippen molar-refractivity contribution in [1.29, 1.82) is 0 Å². The second kappa shape index (κ2) is 5.63. The van der Waals surface area contributed by atoms with E-state index in [1.807, 2.05) is 11.8 Å². The third-order valence-corrected chi connectivity index (χ3v) is 4.86. The summed E-state index contributed by atoms with van der Waals surface area (Å²) in [5.74, 6) is 1.82. The molecule has 1 N–H and O–H groups in total.